The van der Waals surface area contributed by atoms with Crippen LogP contribution in [0, 0.1) is 0 Å². The van der Waals surface area contributed by atoms with Gasteiger partial charge in [0.15, 0.2) is 17.3 Å². The van der Waals surface area contributed by atoms with E-state index < -0.39 is 5.54 Å². The molecule has 1 saturated carbocycles. The third-order valence-electron chi connectivity index (χ3n) is 6.00. The number of nitrogens with zero attached hydrogens (tertiary/aromatic N) is 1. The number of hydrogen-bond acceptors (Lipinski definition) is 5. The number of ether oxygens (including phenoxy) is 3. The Morgan fingerprint density at radius 1 is 1.06 bits per heavy atom. The van der Waals surface area contributed by atoms with Crippen molar-refractivity contribution in [2.75, 3.05) is 28.4 Å². The summed E-state index contributed by atoms with van der Waals surface area (Å²) in [5.74, 6) is 1.24. The molecule has 1 amide bonds. The van der Waals surface area contributed by atoms with E-state index in [1.807, 2.05) is 18.2 Å². The molecule has 0 bridgehead atoms. The van der Waals surface area contributed by atoms with Gasteiger partial charge in [0.25, 0.3) is 0 Å². The Balaban J connectivity index is 1.98. The van der Waals surface area contributed by atoms with Crippen LogP contribution in [0.5, 0.6) is 17.2 Å². The van der Waals surface area contributed by atoms with Crippen molar-refractivity contribution in [3.05, 3.63) is 52.5 Å². The average Bonchev–Trinajstić information content (AvgIpc) is 2.78. The van der Waals surface area contributed by atoms with Gasteiger partial charge in [0.2, 0.25) is 11.7 Å². The number of Topliss-reactive ketones (excluding diaryl/α,β-unsaturated/α-hetero) is 1. The number of benzene rings is 2. The van der Waals surface area contributed by atoms with E-state index in [-0.39, 0.29) is 18.1 Å². The summed E-state index contributed by atoms with van der Waals surface area (Å²) in [6.07, 6.45) is 2.71. The summed E-state index contributed by atoms with van der Waals surface area (Å²) >= 11 is 6.50. The van der Waals surface area contributed by atoms with E-state index in [1.165, 1.54) is 21.3 Å². The van der Waals surface area contributed by atoms with Crippen LogP contribution in [-0.4, -0.2) is 45.0 Å². The van der Waals surface area contributed by atoms with Crippen LogP contribution in [0.3, 0.4) is 0 Å². The predicted molar refractivity (Wildman–Crippen MR) is 119 cm³/mol. The Labute approximate surface area is 188 Å². The van der Waals surface area contributed by atoms with Gasteiger partial charge in [-0.3, -0.25) is 9.59 Å². The summed E-state index contributed by atoms with van der Waals surface area (Å²) in [5.41, 5.74) is 0.319. The van der Waals surface area contributed by atoms with Crippen molar-refractivity contribution in [3.63, 3.8) is 0 Å². The van der Waals surface area contributed by atoms with E-state index in [9.17, 15) is 9.59 Å². The predicted octanol–water partition coefficient (Wildman–Crippen LogP) is 4.41. The molecule has 1 atom stereocenters. The maximum absolute atomic E-state index is 13.4. The zero-order valence-electron chi connectivity index (χ0n) is 18.4. The summed E-state index contributed by atoms with van der Waals surface area (Å²) < 4.78 is 16.2. The second kappa shape index (κ2) is 9.60. The molecule has 2 aromatic rings. The molecule has 6 nitrogen and oxygen atoms in total. The van der Waals surface area contributed by atoms with Gasteiger partial charge in [-0.1, -0.05) is 29.8 Å². The number of amides is 1. The van der Waals surface area contributed by atoms with Crippen molar-refractivity contribution in [2.45, 2.75) is 37.6 Å². The molecule has 31 heavy (non-hydrogen) atoms. The minimum absolute atomic E-state index is 0.0209. The molecule has 0 N–H and O–H groups in total. The Hall–Kier alpha value is -2.73. The monoisotopic (exact) mass is 445 g/mol. The highest BCUT2D eigenvalue weighted by atomic mass is 35.5. The van der Waals surface area contributed by atoms with Gasteiger partial charge in [-0.25, -0.2) is 0 Å². The smallest absolute Gasteiger partial charge is 0.227 e. The summed E-state index contributed by atoms with van der Waals surface area (Å²) in [6, 6.07) is 10.8. The molecule has 1 fully saturated rings. The van der Waals surface area contributed by atoms with Crippen LogP contribution in [0.15, 0.2) is 36.4 Å². The molecule has 7 heteroatoms. The van der Waals surface area contributed by atoms with Crippen molar-refractivity contribution in [2.24, 2.45) is 0 Å². The van der Waals surface area contributed by atoms with Crippen LogP contribution >= 0.6 is 11.6 Å². The number of carbonyl (C=O) groups is 2. The van der Waals surface area contributed by atoms with Gasteiger partial charge in [-0.15, -0.1) is 0 Å². The second-order valence-electron chi connectivity index (χ2n) is 7.63. The van der Waals surface area contributed by atoms with E-state index in [0.29, 0.717) is 46.2 Å². The molecular formula is C24H28ClNO5. The molecule has 0 saturated heterocycles. The summed E-state index contributed by atoms with van der Waals surface area (Å²) in [7, 11) is 6.28. The number of methoxy groups -OCH3 is 3. The maximum Gasteiger partial charge on any atom is 0.227 e. The van der Waals surface area contributed by atoms with Gasteiger partial charge in [0, 0.05) is 24.1 Å². The fourth-order valence-electron chi connectivity index (χ4n) is 4.37. The summed E-state index contributed by atoms with van der Waals surface area (Å²) in [4.78, 5) is 28.2. The lowest BCUT2D eigenvalue weighted by molar-refractivity contribution is -0.147. The van der Waals surface area contributed by atoms with Crippen LogP contribution in [0.1, 0.15) is 36.8 Å². The van der Waals surface area contributed by atoms with Crippen LogP contribution in [0.25, 0.3) is 0 Å². The minimum atomic E-state index is -1.06. The van der Waals surface area contributed by atoms with E-state index in [0.717, 1.165) is 12.8 Å². The molecular weight excluding hydrogens is 418 g/mol. The number of carbonyl (C=O) groups excluding carboxylic acids is 2. The van der Waals surface area contributed by atoms with Crippen LogP contribution in [-0.2, 0) is 21.5 Å². The standard InChI is InChI=1S/C24H28ClNO5/c1-26(22(28)15-16-13-19(29-2)23(31-4)20(14-16)30-3)24(12-8-7-11-21(24)27)17-9-5-6-10-18(17)25/h5-6,9-10,13-14H,7-8,11-12,15H2,1-4H3. The van der Waals surface area contributed by atoms with Gasteiger partial charge in [-0.05, 0) is 43.0 Å². The highest BCUT2D eigenvalue weighted by Gasteiger charge is 2.47. The van der Waals surface area contributed by atoms with Gasteiger partial charge < -0.3 is 19.1 Å². The molecule has 166 valence electrons. The number of likely N-dealkylation sites (N-methyl/N-ethyl adjacent to an activating group) is 1. The Morgan fingerprint density at radius 3 is 2.26 bits per heavy atom. The highest BCUT2D eigenvalue weighted by molar-refractivity contribution is 6.31. The highest BCUT2D eigenvalue weighted by Crippen LogP contribution is 2.43. The number of hydrogen-bond donors (Lipinski definition) is 0. The van der Waals surface area contributed by atoms with E-state index in [4.69, 9.17) is 25.8 Å². The largest absolute Gasteiger partial charge is 0.493 e. The molecule has 1 aliphatic carbocycles. The first-order valence-electron chi connectivity index (χ1n) is 10.2. The average molecular weight is 446 g/mol. The lowest BCUT2D eigenvalue weighted by Crippen LogP contribution is -2.54. The van der Waals surface area contributed by atoms with Crippen molar-refractivity contribution >= 4 is 23.3 Å². The zero-order valence-corrected chi connectivity index (χ0v) is 19.1. The van der Waals surface area contributed by atoms with Gasteiger partial charge in [0.1, 0.15) is 5.54 Å². The van der Waals surface area contributed by atoms with E-state index in [1.54, 1.807) is 30.1 Å². The molecule has 3 rings (SSSR count). The van der Waals surface area contributed by atoms with Crippen LogP contribution < -0.4 is 14.2 Å². The number of ketones is 1. The summed E-state index contributed by atoms with van der Waals surface area (Å²) in [5, 5.41) is 0.491. The van der Waals surface area contributed by atoms with Crippen molar-refractivity contribution in [1.29, 1.82) is 0 Å². The quantitative estimate of drug-likeness (QED) is 0.631. The molecule has 1 aliphatic rings. The second-order valence-corrected chi connectivity index (χ2v) is 8.04. The fourth-order valence-corrected chi connectivity index (χ4v) is 4.67. The topological polar surface area (TPSA) is 65.1 Å². The SMILES string of the molecule is COc1cc(CC(=O)N(C)C2(c3ccccc3Cl)CCCCC2=O)cc(OC)c1OC. The third kappa shape index (κ3) is 4.22. The van der Waals surface area contributed by atoms with Crippen LogP contribution in [0.2, 0.25) is 5.02 Å². The first kappa shape index (κ1) is 22.9. The summed E-state index contributed by atoms with van der Waals surface area (Å²) in [6.45, 7) is 0. The van der Waals surface area contributed by atoms with Crippen molar-refractivity contribution < 1.29 is 23.8 Å². The lowest BCUT2D eigenvalue weighted by Gasteiger charge is -2.44. The molecule has 0 spiro atoms. The lowest BCUT2D eigenvalue weighted by atomic mass is 9.74. The number of rotatable bonds is 7. The van der Waals surface area contributed by atoms with Gasteiger partial charge >= 0.3 is 0 Å². The minimum Gasteiger partial charge on any atom is -0.493 e. The first-order chi connectivity index (χ1) is 14.9. The molecule has 0 aromatic heterocycles. The molecule has 0 aliphatic heterocycles. The zero-order chi connectivity index (χ0) is 22.6. The molecule has 1 unspecified atom stereocenters. The first-order valence-corrected chi connectivity index (χ1v) is 10.6. The Bertz CT molecular complexity index is 951. The van der Waals surface area contributed by atoms with Crippen molar-refractivity contribution in [1.82, 2.24) is 4.90 Å². The Morgan fingerprint density at radius 2 is 1.71 bits per heavy atom. The maximum atomic E-state index is 13.4. The Kier molecular flexibility index (Phi) is 7.11. The fraction of sp³-hybridized carbons (Fsp3) is 0.417. The van der Waals surface area contributed by atoms with Crippen LogP contribution in [0.4, 0.5) is 0 Å². The van der Waals surface area contributed by atoms with Gasteiger partial charge in [-0.2, -0.15) is 0 Å². The molecule has 0 heterocycles. The number of halogens is 1. The normalized spacial score (nSPS) is 18.4. The van der Waals surface area contributed by atoms with E-state index in [2.05, 4.69) is 0 Å². The molecule has 0 radical (unpaired) electrons. The third-order valence-corrected chi connectivity index (χ3v) is 6.33. The molecule has 2 aromatic carbocycles. The van der Waals surface area contributed by atoms with Crippen molar-refractivity contribution in [3.8, 4) is 17.2 Å². The van der Waals surface area contributed by atoms with Gasteiger partial charge in [0.05, 0.1) is 27.8 Å². The van der Waals surface area contributed by atoms with E-state index >= 15 is 0 Å².